The van der Waals surface area contributed by atoms with E-state index < -0.39 is 21.7 Å². The second kappa shape index (κ2) is 5.43. The molecule has 1 amide bonds. The monoisotopic (exact) mass is 298 g/mol. The predicted molar refractivity (Wildman–Crippen MR) is 67.6 cm³/mol. The van der Waals surface area contributed by atoms with Gasteiger partial charge in [-0.15, -0.1) is 4.83 Å². The lowest BCUT2D eigenvalue weighted by molar-refractivity contribution is 0.0943. The molecule has 0 saturated heterocycles. The number of carbonyl (C=O) groups is 1. The topological polar surface area (TPSA) is 88.4 Å². The summed E-state index contributed by atoms with van der Waals surface area (Å²) in [6.45, 7) is 1.57. The van der Waals surface area contributed by atoms with Gasteiger partial charge in [-0.3, -0.25) is 10.2 Å². The van der Waals surface area contributed by atoms with Crippen molar-refractivity contribution in [1.29, 1.82) is 0 Å². The molecule has 0 aliphatic rings. The normalized spacial score (nSPS) is 11.3. The number of hydrazine groups is 1. The lowest BCUT2D eigenvalue weighted by Crippen LogP contribution is -2.41. The van der Waals surface area contributed by atoms with Crippen molar-refractivity contribution >= 4 is 15.9 Å². The van der Waals surface area contributed by atoms with Crippen LogP contribution in [0.3, 0.4) is 0 Å². The molecule has 2 aromatic rings. The van der Waals surface area contributed by atoms with Crippen molar-refractivity contribution in [3.05, 3.63) is 53.7 Å². The Morgan fingerprint density at radius 2 is 2.05 bits per heavy atom. The van der Waals surface area contributed by atoms with E-state index in [4.69, 9.17) is 4.42 Å². The molecule has 2 rings (SSSR count). The van der Waals surface area contributed by atoms with Crippen LogP contribution in [0.25, 0.3) is 0 Å². The predicted octanol–water partition coefficient (Wildman–Crippen LogP) is 1.35. The van der Waals surface area contributed by atoms with Gasteiger partial charge in [0.25, 0.3) is 15.9 Å². The Balaban J connectivity index is 2.11. The SMILES string of the molecule is Cc1occc1C(=O)NNS(=O)(=O)c1cccc(F)c1. The van der Waals surface area contributed by atoms with E-state index in [1.807, 2.05) is 10.3 Å². The van der Waals surface area contributed by atoms with Gasteiger partial charge >= 0.3 is 0 Å². The van der Waals surface area contributed by atoms with Crippen LogP contribution in [0.5, 0.6) is 0 Å². The molecule has 8 heteroatoms. The van der Waals surface area contributed by atoms with Crippen LogP contribution in [0.4, 0.5) is 4.39 Å². The highest BCUT2D eigenvalue weighted by Gasteiger charge is 2.17. The second-order valence-corrected chi connectivity index (χ2v) is 5.59. The fourth-order valence-corrected chi connectivity index (χ4v) is 2.36. The van der Waals surface area contributed by atoms with Gasteiger partial charge in [0.1, 0.15) is 11.6 Å². The Morgan fingerprint density at radius 3 is 2.65 bits per heavy atom. The molecule has 0 unspecified atom stereocenters. The zero-order valence-electron chi connectivity index (χ0n) is 10.4. The lowest BCUT2D eigenvalue weighted by Gasteiger charge is -2.08. The Hall–Kier alpha value is -2.19. The molecule has 6 nitrogen and oxygen atoms in total. The Bertz CT molecular complexity index is 739. The van der Waals surface area contributed by atoms with Crippen molar-refractivity contribution in [2.24, 2.45) is 0 Å². The van der Waals surface area contributed by atoms with Gasteiger partial charge in [-0.1, -0.05) is 6.07 Å². The third-order valence-corrected chi connectivity index (χ3v) is 3.75. The molecule has 1 aromatic heterocycles. The first kappa shape index (κ1) is 14.2. The summed E-state index contributed by atoms with van der Waals surface area (Å²) in [6.07, 6.45) is 1.31. The standard InChI is InChI=1S/C12H11FN2O4S/c1-8-11(5-6-19-8)12(16)14-15-20(17,18)10-4-2-3-9(13)7-10/h2-7,15H,1H3,(H,14,16). The number of nitrogens with one attached hydrogen (secondary N) is 2. The number of hydrogen-bond acceptors (Lipinski definition) is 4. The number of carbonyl (C=O) groups excluding carboxylic acids is 1. The Kier molecular flexibility index (Phi) is 3.86. The summed E-state index contributed by atoms with van der Waals surface area (Å²) in [7, 11) is -4.03. The highest BCUT2D eigenvalue weighted by atomic mass is 32.2. The molecule has 0 bridgehead atoms. The molecule has 2 N–H and O–H groups in total. The number of hydrogen-bond donors (Lipinski definition) is 2. The molecule has 0 saturated carbocycles. The summed E-state index contributed by atoms with van der Waals surface area (Å²) in [4.78, 5) is 13.3. The molecular weight excluding hydrogens is 287 g/mol. The first-order valence-electron chi connectivity index (χ1n) is 5.52. The van der Waals surface area contributed by atoms with Crippen LogP contribution in [0.2, 0.25) is 0 Å². The van der Waals surface area contributed by atoms with Crippen molar-refractivity contribution in [3.63, 3.8) is 0 Å². The minimum atomic E-state index is -4.03. The summed E-state index contributed by atoms with van der Waals surface area (Å²) >= 11 is 0. The van der Waals surface area contributed by atoms with E-state index in [-0.39, 0.29) is 10.5 Å². The number of benzene rings is 1. The van der Waals surface area contributed by atoms with E-state index in [2.05, 4.69) is 0 Å². The van der Waals surface area contributed by atoms with Gasteiger partial charge in [0, 0.05) is 0 Å². The fourth-order valence-electron chi connectivity index (χ4n) is 1.49. The molecule has 0 aliphatic heterocycles. The average Bonchev–Trinajstić information content (AvgIpc) is 2.82. The number of amides is 1. The molecule has 0 fully saturated rings. The summed E-state index contributed by atoms with van der Waals surface area (Å²) in [5, 5.41) is 0. The zero-order chi connectivity index (χ0) is 14.8. The number of sulfonamides is 1. The molecule has 0 aliphatic carbocycles. The van der Waals surface area contributed by atoms with Gasteiger partial charge in [-0.2, -0.15) is 0 Å². The maximum absolute atomic E-state index is 13.0. The fraction of sp³-hybridized carbons (Fsp3) is 0.0833. The average molecular weight is 298 g/mol. The number of halogens is 1. The van der Waals surface area contributed by atoms with E-state index >= 15 is 0 Å². The van der Waals surface area contributed by atoms with Gasteiger partial charge in [-0.05, 0) is 31.2 Å². The van der Waals surface area contributed by atoms with E-state index in [0.29, 0.717) is 5.76 Å². The van der Waals surface area contributed by atoms with Crippen LogP contribution in [0, 0.1) is 12.7 Å². The molecule has 0 spiro atoms. The van der Waals surface area contributed by atoms with Gasteiger partial charge in [0.15, 0.2) is 0 Å². The van der Waals surface area contributed by atoms with E-state index in [1.165, 1.54) is 24.5 Å². The highest BCUT2D eigenvalue weighted by molar-refractivity contribution is 7.89. The molecular formula is C12H11FN2O4S. The van der Waals surface area contributed by atoms with Crippen LogP contribution in [-0.2, 0) is 10.0 Å². The van der Waals surface area contributed by atoms with Crippen molar-refractivity contribution in [1.82, 2.24) is 10.3 Å². The van der Waals surface area contributed by atoms with Crippen molar-refractivity contribution < 1.29 is 22.0 Å². The van der Waals surface area contributed by atoms with Gasteiger partial charge < -0.3 is 4.42 Å². The minimum Gasteiger partial charge on any atom is -0.469 e. The van der Waals surface area contributed by atoms with Crippen LogP contribution < -0.4 is 10.3 Å². The van der Waals surface area contributed by atoms with Crippen LogP contribution >= 0.6 is 0 Å². The maximum atomic E-state index is 13.0. The molecule has 20 heavy (non-hydrogen) atoms. The van der Waals surface area contributed by atoms with Gasteiger partial charge in [0.05, 0.1) is 16.7 Å². The van der Waals surface area contributed by atoms with Crippen molar-refractivity contribution in [3.8, 4) is 0 Å². The zero-order valence-corrected chi connectivity index (χ0v) is 11.2. The van der Waals surface area contributed by atoms with Crippen molar-refractivity contribution in [2.75, 3.05) is 0 Å². The summed E-state index contributed by atoms with van der Waals surface area (Å²) in [6, 6.07) is 5.83. The van der Waals surface area contributed by atoms with Gasteiger partial charge in [-0.25, -0.2) is 12.8 Å². The third kappa shape index (κ3) is 3.03. The highest BCUT2D eigenvalue weighted by Crippen LogP contribution is 2.10. The van der Waals surface area contributed by atoms with E-state index in [0.717, 1.165) is 12.1 Å². The third-order valence-electron chi connectivity index (χ3n) is 2.51. The summed E-state index contributed by atoms with van der Waals surface area (Å²) in [5.74, 6) is -1.01. The quantitative estimate of drug-likeness (QED) is 0.834. The first-order chi connectivity index (χ1) is 9.40. The Labute approximate surface area is 114 Å². The minimum absolute atomic E-state index is 0.201. The van der Waals surface area contributed by atoms with E-state index in [1.54, 1.807) is 6.92 Å². The summed E-state index contributed by atoms with van der Waals surface area (Å²) < 4.78 is 41.6. The molecule has 1 aromatic carbocycles. The van der Waals surface area contributed by atoms with E-state index in [9.17, 15) is 17.6 Å². The summed E-state index contributed by atoms with van der Waals surface area (Å²) in [5.41, 5.74) is 2.23. The molecule has 1 heterocycles. The Morgan fingerprint density at radius 1 is 1.30 bits per heavy atom. The molecule has 0 atom stereocenters. The largest absolute Gasteiger partial charge is 0.469 e. The van der Waals surface area contributed by atoms with Crippen LogP contribution in [0.15, 0.2) is 45.9 Å². The lowest BCUT2D eigenvalue weighted by atomic mass is 10.2. The van der Waals surface area contributed by atoms with Crippen LogP contribution in [0.1, 0.15) is 16.1 Å². The molecule has 0 radical (unpaired) electrons. The second-order valence-electron chi connectivity index (χ2n) is 3.91. The van der Waals surface area contributed by atoms with Crippen LogP contribution in [-0.4, -0.2) is 14.3 Å². The first-order valence-corrected chi connectivity index (χ1v) is 7.00. The smallest absolute Gasteiger partial charge is 0.269 e. The molecule has 106 valence electrons. The number of rotatable bonds is 4. The van der Waals surface area contributed by atoms with Gasteiger partial charge in [0.2, 0.25) is 0 Å². The maximum Gasteiger partial charge on any atom is 0.269 e. The number of furan rings is 1. The van der Waals surface area contributed by atoms with Crippen molar-refractivity contribution in [2.45, 2.75) is 11.8 Å². The number of aryl methyl sites for hydroxylation is 1.